The smallest absolute Gasteiger partial charge is 0.220 e. The summed E-state index contributed by atoms with van der Waals surface area (Å²) in [5.41, 5.74) is 6.53. The summed E-state index contributed by atoms with van der Waals surface area (Å²) in [6, 6.07) is 0. The van der Waals surface area contributed by atoms with Crippen molar-refractivity contribution in [2.45, 2.75) is 24.5 Å². The number of hydrogen-bond donors (Lipinski definition) is 2. The van der Waals surface area contributed by atoms with Crippen LogP contribution in [-0.2, 0) is 4.79 Å². The first-order chi connectivity index (χ1) is 7.13. The zero-order valence-electron chi connectivity index (χ0n) is 8.87. The number of carbonyl (C=O) groups is 1. The molecule has 1 rings (SSSR count). The van der Waals surface area contributed by atoms with Crippen LogP contribution in [0.2, 0.25) is 0 Å². The molecule has 1 heterocycles. The number of carbonyl (C=O) groups excluding carboxylic acids is 1. The lowest BCUT2D eigenvalue weighted by atomic mass is 10.4. The van der Waals surface area contributed by atoms with E-state index in [1.807, 2.05) is 13.8 Å². The highest BCUT2D eigenvalue weighted by atomic mass is 32.2. The van der Waals surface area contributed by atoms with Crippen LogP contribution in [-0.4, -0.2) is 23.2 Å². The van der Waals surface area contributed by atoms with Gasteiger partial charge in [-0.2, -0.15) is 0 Å². The van der Waals surface area contributed by atoms with Gasteiger partial charge < -0.3 is 11.1 Å². The van der Waals surface area contributed by atoms with Crippen LogP contribution in [0.4, 0.5) is 5.13 Å². The quantitative estimate of drug-likeness (QED) is 0.774. The standard InChI is InChI=1S/C9H15N3OS2/c1-3-11-7(13)4-5-14-8-6(2)12-9(10)15-8/h3-5H2,1-2H3,(H2,10,12)(H,11,13). The van der Waals surface area contributed by atoms with E-state index in [0.29, 0.717) is 18.1 Å². The van der Waals surface area contributed by atoms with Crippen molar-refractivity contribution >= 4 is 34.1 Å². The first-order valence-corrected chi connectivity index (χ1v) is 6.56. The molecule has 0 atom stereocenters. The number of thiazole rings is 1. The molecule has 0 aliphatic rings. The summed E-state index contributed by atoms with van der Waals surface area (Å²) in [4.78, 5) is 15.3. The van der Waals surface area contributed by atoms with E-state index in [-0.39, 0.29) is 5.91 Å². The van der Waals surface area contributed by atoms with Gasteiger partial charge in [0.1, 0.15) is 0 Å². The molecule has 0 aromatic carbocycles. The molecule has 0 fully saturated rings. The Morgan fingerprint density at radius 2 is 2.40 bits per heavy atom. The lowest BCUT2D eigenvalue weighted by molar-refractivity contribution is -0.120. The average molecular weight is 245 g/mol. The van der Waals surface area contributed by atoms with Gasteiger partial charge in [-0.25, -0.2) is 4.98 Å². The van der Waals surface area contributed by atoms with Gasteiger partial charge >= 0.3 is 0 Å². The van der Waals surface area contributed by atoms with Gasteiger partial charge in [-0.3, -0.25) is 4.79 Å². The van der Waals surface area contributed by atoms with Crippen molar-refractivity contribution in [2.75, 3.05) is 18.0 Å². The van der Waals surface area contributed by atoms with Gasteiger partial charge in [0.05, 0.1) is 9.90 Å². The van der Waals surface area contributed by atoms with Crippen molar-refractivity contribution in [2.24, 2.45) is 0 Å². The maximum absolute atomic E-state index is 11.2. The van der Waals surface area contributed by atoms with Gasteiger partial charge in [0, 0.05) is 18.7 Å². The molecule has 0 saturated heterocycles. The SMILES string of the molecule is CCNC(=O)CCSc1sc(N)nc1C. The second-order valence-corrected chi connectivity index (χ2v) is 5.37. The van der Waals surface area contributed by atoms with E-state index < -0.39 is 0 Å². The highest BCUT2D eigenvalue weighted by Crippen LogP contribution is 2.30. The molecule has 0 radical (unpaired) electrons. The van der Waals surface area contributed by atoms with Gasteiger partial charge in [-0.1, -0.05) is 11.3 Å². The van der Waals surface area contributed by atoms with Crippen LogP contribution >= 0.6 is 23.1 Å². The maximum Gasteiger partial charge on any atom is 0.220 e. The minimum atomic E-state index is 0.0974. The summed E-state index contributed by atoms with van der Waals surface area (Å²) in [7, 11) is 0. The Bertz CT molecular complexity index is 338. The van der Waals surface area contributed by atoms with Crippen LogP contribution in [0, 0.1) is 6.92 Å². The second-order valence-electron chi connectivity index (χ2n) is 2.98. The molecule has 84 valence electrons. The normalized spacial score (nSPS) is 10.3. The topological polar surface area (TPSA) is 68.0 Å². The fourth-order valence-corrected chi connectivity index (χ4v) is 3.09. The molecule has 0 spiro atoms. The highest BCUT2D eigenvalue weighted by molar-refractivity contribution is 8.01. The van der Waals surface area contributed by atoms with Crippen molar-refractivity contribution in [1.82, 2.24) is 10.3 Å². The number of thioether (sulfide) groups is 1. The Morgan fingerprint density at radius 3 is 2.93 bits per heavy atom. The molecule has 0 unspecified atom stereocenters. The third-order valence-corrected chi connectivity index (χ3v) is 4.06. The Balaban J connectivity index is 2.31. The minimum Gasteiger partial charge on any atom is -0.375 e. The lowest BCUT2D eigenvalue weighted by Gasteiger charge is -2.00. The van der Waals surface area contributed by atoms with Gasteiger partial charge in [0.2, 0.25) is 5.91 Å². The van der Waals surface area contributed by atoms with Gasteiger partial charge in [-0.15, -0.1) is 11.8 Å². The van der Waals surface area contributed by atoms with Crippen molar-refractivity contribution in [3.05, 3.63) is 5.69 Å². The Morgan fingerprint density at radius 1 is 1.67 bits per heavy atom. The Labute approximate surface area is 97.7 Å². The van der Waals surface area contributed by atoms with Crippen LogP contribution < -0.4 is 11.1 Å². The van der Waals surface area contributed by atoms with E-state index in [1.54, 1.807) is 11.8 Å². The summed E-state index contributed by atoms with van der Waals surface area (Å²) in [6.07, 6.45) is 0.537. The number of nitrogens with one attached hydrogen (secondary N) is 1. The number of nitrogen functional groups attached to an aromatic ring is 1. The molecule has 0 aliphatic heterocycles. The second kappa shape index (κ2) is 5.97. The van der Waals surface area contributed by atoms with Crippen LogP contribution in [0.3, 0.4) is 0 Å². The van der Waals surface area contributed by atoms with Crippen molar-refractivity contribution in [1.29, 1.82) is 0 Å². The monoisotopic (exact) mass is 245 g/mol. The fourth-order valence-electron chi connectivity index (χ4n) is 1.06. The zero-order chi connectivity index (χ0) is 11.3. The van der Waals surface area contributed by atoms with E-state index in [4.69, 9.17) is 5.73 Å². The minimum absolute atomic E-state index is 0.0974. The number of rotatable bonds is 5. The Kier molecular flexibility index (Phi) is 4.90. The molecule has 4 nitrogen and oxygen atoms in total. The van der Waals surface area contributed by atoms with E-state index in [0.717, 1.165) is 15.7 Å². The van der Waals surface area contributed by atoms with Crippen molar-refractivity contribution < 1.29 is 4.79 Å². The first kappa shape index (κ1) is 12.3. The van der Waals surface area contributed by atoms with Crippen LogP contribution in [0.15, 0.2) is 4.21 Å². The van der Waals surface area contributed by atoms with E-state index >= 15 is 0 Å². The highest BCUT2D eigenvalue weighted by Gasteiger charge is 2.06. The molecule has 0 saturated carbocycles. The fraction of sp³-hybridized carbons (Fsp3) is 0.556. The van der Waals surface area contributed by atoms with Crippen LogP contribution in [0.25, 0.3) is 0 Å². The number of aryl methyl sites for hydroxylation is 1. The summed E-state index contributed by atoms with van der Waals surface area (Å²) in [5.74, 6) is 0.869. The van der Waals surface area contributed by atoms with Gasteiger partial charge in [0.25, 0.3) is 0 Å². The van der Waals surface area contributed by atoms with Crippen LogP contribution in [0.1, 0.15) is 19.0 Å². The predicted molar refractivity (Wildman–Crippen MR) is 65.3 cm³/mol. The largest absolute Gasteiger partial charge is 0.375 e. The number of hydrogen-bond acceptors (Lipinski definition) is 5. The number of aromatic nitrogens is 1. The van der Waals surface area contributed by atoms with E-state index in [1.165, 1.54) is 11.3 Å². The molecule has 15 heavy (non-hydrogen) atoms. The summed E-state index contributed by atoms with van der Waals surface area (Å²) < 4.78 is 1.11. The lowest BCUT2D eigenvalue weighted by Crippen LogP contribution is -2.22. The molecule has 6 heteroatoms. The first-order valence-electron chi connectivity index (χ1n) is 4.76. The predicted octanol–water partition coefficient (Wildman–Crippen LogP) is 1.65. The van der Waals surface area contributed by atoms with Gasteiger partial charge in [0.15, 0.2) is 5.13 Å². The van der Waals surface area contributed by atoms with E-state index in [9.17, 15) is 4.79 Å². The number of nitrogens with zero attached hydrogens (tertiary/aromatic N) is 1. The molecule has 0 aliphatic carbocycles. The number of anilines is 1. The average Bonchev–Trinajstić information content (AvgIpc) is 2.46. The van der Waals surface area contributed by atoms with Crippen molar-refractivity contribution in [3.8, 4) is 0 Å². The molecular formula is C9H15N3OS2. The zero-order valence-corrected chi connectivity index (χ0v) is 10.5. The summed E-state index contributed by atoms with van der Waals surface area (Å²) in [6.45, 7) is 4.54. The van der Waals surface area contributed by atoms with Crippen molar-refractivity contribution in [3.63, 3.8) is 0 Å². The molecule has 0 bridgehead atoms. The van der Waals surface area contributed by atoms with Gasteiger partial charge in [-0.05, 0) is 13.8 Å². The molecule has 1 amide bonds. The molecular weight excluding hydrogens is 230 g/mol. The molecule has 3 N–H and O–H groups in total. The molecule has 1 aromatic heterocycles. The third kappa shape index (κ3) is 4.09. The number of nitrogens with two attached hydrogens (primary N) is 1. The summed E-state index contributed by atoms with van der Waals surface area (Å²) in [5, 5.41) is 3.35. The summed E-state index contributed by atoms with van der Waals surface area (Å²) >= 11 is 3.11. The van der Waals surface area contributed by atoms with Crippen LogP contribution in [0.5, 0.6) is 0 Å². The maximum atomic E-state index is 11.2. The number of amides is 1. The van der Waals surface area contributed by atoms with E-state index in [2.05, 4.69) is 10.3 Å². The third-order valence-electron chi connectivity index (χ3n) is 1.71. The molecule has 1 aromatic rings. The Hall–Kier alpha value is -0.750.